The van der Waals surface area contributed by atoms with Gasteiger partial charge in [-0.25, -0.2) is 0 Å². The van der Waals surface area contributed by atoms with E-state index in [2.05, 4.69) is 218 Å². The molecule has 1 aliphatic heterocycles. The molecule has 0 aliphatic carbocycles. The van der Waals surface area contributed by atoms with Gasteiger partial charge in [-0.15, -0.1) is 0 Å². The lowest BCUT2D eigenvalue weighted by atomic mass is 10.1. The molecule has 0 unspecified atom stereocenters. The van der Waals surface area contributed by atoms with E-state index >= 15 is 0 Å². The van der Waals surface area contributed by atoms with Crippen molar-refractivity contribution in [2.45, 2.75) is 0 Å². The molecule has 52 heavy (non-hydrogen) atoms. The van der Waals surface area contributed by atoms with Crippen LogP contribution in [0.4, 0.5) is 0 Å². The van der Waals surface area contributed by atoms with Crippen LogP contribution in [0.5, 0.6) is 5.75 Å². The van der Waals surface area contributed by atoms with Crippen molar-refractivity contribution in [1.29, 1.82) is 0 Å². The van der Waals surface area contributed by atoms with Crippen LogP contribution in [0.3, 0.4) is 0 Å². The van der Waals surface area contributed by atoms with Crippen molar-refractivity contribution >= 4 is 58.0 Å². The molecule has 0 amide bonds. The molecular formula is C49H40OSi2. The summed E-state index contributed by atoms with van der Waals surface area (Å²) in [4.78, 5) is 0. The van der Waals surface area contributed by atoms with Crippen LogP contribution in [-0.2, 0) is 0 Å². The van der Waals surface area contributed by atoms with Crippen LogP contribution in [-0.4, -0.2) is 22.8 Å². The molecule has 7 aromatic rings. The molecular weight excluding hydrogens is 661 g/mol. The van der Waals surface area contributed by atoms with Crippen LogP contribution in [0.15, 0.2) is 230 Å². The van der Waals surface area contributed by atoms with E-state index in [0.717, 1.165) is 16.9 Å². The Balaban J connectivity index is 1.39. The summed E-state index contributed by atoms with van der Waals surface area (Å²) in [6.45, 7) is 5.29. The van der Waals surface area contributed by atoms with Crippen LogP contribution in [0.2, 0.25) is 0 Å². The quantitative estimate of drug-likeness (QED) is 0.127. The van der Waals surface area contributed by atoms with Crippen LogP contribution in [0.25, 0.3) is 5.57 Å². The topological polar surface area (TPSA) is 9.23 Å². The normalized spacial score (nSPS) is 14.8. The number of allylic oxidation sites excluding steroid dienone is 4. The molecule has 1 aliphatic rings. The van der Waals surface area contributed by atoms with Crippen molar-refractivity contribution in [1.82, 2.24) is 0 Å². The van der Waals surface area contributed by atoms with E-state index in [-0.39, 0.29) is 0 Å². The summed E-state index contributed by atoms with van der Waals surface area (Å²) >= 11 is 0. The van der Waals surface area contributed by atoms with Crippen LogP contribution >= 0.6 is 0 Å². The standard InChI is InChI=1S/C49H40OSi2/c1-39-37-46(51(40-21-8-2-9-22-40,41-23-10-3-11-24-41)42-25-12-4-13-26-42)33-20-36-50-49-35-34-47(38-48(39)49)52(43-27-14-5-15-28-43,44-29-16-6-17-30-44)45-31-18-7-19-32-45/h2-35,37-38H,1,36H2/b33-20-,46-37+. The molecule has 0 N–H and O–H groups in total. The molecule has 0 radical (unpaired) electrons. The van der Waals surface area contributed by atoms with Crippen molar-refractivity contribution in [2.24, 2.45) is 0 Å². The molecule has 250 valence electrons. The zero-order chi connectivity index (χ0) is 35.2. The van der Waals surface area contributed by atoms with E-state index in [0.29, 0.717) is 6.61 Å². The molecule has 0 bridgehead atoms. The van der Waals surface area contributed by atoms with Gasteiger partial charge in [0.15, 0.2) is 16.1 Å². The highest BCUT2D eigenvalue weighted by Crippen LogP contribution is 2.31. The van der Waals surface area contributed by atoms with Gasteiger partial charge in [0, 0.05) is 5.56 Å². The van der Waals surface area contributed by atoms with Crippen molar-refractivity contribution < 1.29 is 4.74 Å². The zero-order valence-corrected chi connectivity index (χ0v) is 31.1. The summed E-state index contributed by atoms with van der Waals surface area (Å²) in [6, 6.07) is 73.2. The highest BCUT2D eigenvalue weighted by Gasteiger charge is 2.43. The molecule has 1 nitrogen and oxygen atoms in total. The summed E-state index contributed by atoms with van der Waals surface area (Å²) < 4.78 is 6.59. The van der Waals surface area contributed by atoms with Crippen molar-refractivity contribution in [3.63, 3.8) is 0 Å². The molecule has 1 heterocycles. The summed E-state index contributed by atoms with van der Waals surface area (Å²) in [5.41, 5.74) is 1.96. The Hall–Kier alpha value is -6.01. The third-order valence-corrected chi connectivity index (χ3v) is 19.9. The first kappa shape index (κ1) is 33.2. The van der Waals surface area contributed by atoms with E-state index in [1.54, 1.807) is 0 Å². The maximum absolute atomic E-state index is 6.59. The minimum absolute atomic E-state index is 0.457. The summed E-state index contributed by atoms with van der Waals surface area (Å²) in [7, 11) is -5.57. The predicted octanol–water partition coefficient (Wildman–Crippen LogP) is 6.66. The summed E-state index contributed by atoms with van der Waals surface area (Å²) in [6.07, 6.45) is 6.83. The third kappa shape index (κ3) is 5.84. The Morgan fingerprint density at radius 3 is 1.15 bits per heavy atom. The Bertz CT molecular complexity index is 2140. The number of hydrogen-bond acceptors (Lipinski definition) is 1. The molecule has 0 saturated heterocycles. The first-order chi connectivity index (χ1) is 25.7. The fraction of sp³-hybridized carbons (Fsp3) is 0.0204. The number of benzene rings is 7. The van der Waals surface area contributed by atoms with E-state index in [1.807, 2.05) is 0 Å². The first-order valence-corrected chi connectivity index (χ1v) is 21.9. The second-order valence-electron chi connectivity index (χ2n) is 13.2. The lowest BCUT2D eigenvalue weighted by Crippen LogP contribution is -2.74. The first-order valence-electron chi connectivity index (χ1n) is 17.9. The highest BCUT2D eigenvalue weighted by molar-refractivity contribution is 7.20. The lowest BCUT2D eigenvalue weighted by molar-refractivity contribution is 0.362. The zero-order valence-electron chi connectivity index (χ0n) is 29.1. The van der Waals surface area contributed by atoms with Gasteiger partial charge in [0.2, 0.25) is 0 Å². The predicted molar refractivity (Wildman–Crippen MR) is 226 cm³/mol. The molecule has 0 fully saturated rings. The Labute approximate surface area is 309 Å². The fourth-order valence-electron chi connectivity index (χ4n) is 8.13. The average molecular weight is 701 g/mol. The molecule has 7 aromatic carbocycles. The minimum atomic E-state index is -2.80. The number of rotatable bonds is 8. The van der Waals surface area contributed by atoms with Crippen molar-refractivity contribution in [2.75, 3.05) is 6.61 Å². The smallest absolute Gasteiger partial charge is 0.179 e. The van der Waals surface area contributed by atoms with Gasteiger partial charge in [-0.2, -0.15) is 0 Å². The Morgan fingerprint density at radius 1 is 0.404 bits per heavy atom. The maximum Gasteiger partial charge on any atom is 0.179 e. The van der Waals surface area contributed by atoms with Gasteiger partial charge < -0.3 is 4.74 Å². The molecule has 0 atom stereocenters. The molecule has 0 saturated carbocycles. The fourth-order valence-corrected chi connectivity index (χ4v) is 17.7. The van der Waals surface area contributed by atoms with Gasteiger partial charge in [-0.3, -0.25) is 0 Å². The number of hydrogen-bond donors (Lipinski definition) is 0. The third-order valence-electron chi connectivity index (χ3n) is 10.4. The lowest BCUT2D eigenvalue weighted by Gasteiger charge is -2.35. The largest absolute Gasteiger partial charge is 0.489 e. The Kier molecular flexibility index (Phi) is 9.37. The molecule has 0 spiro atoms. The van der Waals surface area contributed by atoms with Gasteiger partial charge >= 0.3 is 0 Å². The highest BCUT2D eigenvalue weighted by atomic mass is 28.3. The maximum atomic E-state index is 6.59. The van der Waals surface area contributed by atoms with Crippen molar-refractivity contribution in [3.05, 3.63) is 236 Å². The Morgan fingerprint density at radius 2 is 0.769 bits per heavy atom. The van der Waals surface area contributed by atoms with E-state index in [4.69, 9.17) is 11.3 Å². The summed E-state index contributed by atoms with van der Waals surface area (Å²) in [5.74, 6) is 0.847. The van der Waals surface area contributed by atoms with Gasteiger partial charge in [-0.1, -0.05) is 213 Å². The number of ether oxygens (including phenoxy) is 1. The average Bonchev–Trinajstić information content (AvgIpc) is 3.30. The molecule has 8 rings (SSSR count). The second kappa shape index (κ2) is 14.7. The monoisotopic (exact) mass is 700 g/mol. The van der Waals surface area contributed by atoms with E-state index < -0.39 is 16.1 Å². The van der Waals surface area contributed by atoms with E-state index in [1.165, 1.54) is 41.5 Å². The van der Waals surface area contributed by atoms with Crippen molar-refractivity contribution in [3.8, 4) is 5.75 Å². The van der Waals surface area contributed by atoms with Crippen LogP contribution in [0.1, 0.15) is 5.56 Å². The summed E-state index contributed by atoms with van der Waals surface area (Å²) in [5, 5.41) is 10.5. The molecule has 0 aromatic heterocycles. The van der Waals surface area contributed by atoms with Crippen LogP contribution < -0.4 is 41.0 Å². The SMILES string of the molecule is C=C1/C=C([Si](c2ccccc2)(c2ccccc2)c2ccccc2)\C=C/COc2ccc([Si](c3ccccc3)(c3ccccc3)c3ccccc3)cc21. The van der Waals surface area contributed by atoms with Gasteiger partial charge in [0.1, 0.15) is 12.4 Å². The van der Waals surface area contributed by atoms with Gasteiger partial charge in [0.05, 0.1) is 0 Å². The minimum Gasteiger partial charge on any atom is -0.489 e. The van der Waals surface area contributed by atoms with Gasteiger partial charge in [-0.05, 0) is 59.2 Å². The van der Waals surface area contributed by atoms with Crippen LogP contribution in [0, 0.1) is 0 Å². The van der Waals surface area contributed by atoms with E-state index in [9.17, 15) is 0 Å². The molecule has 3 heteroatoms. The second-order valence-corrected chi connectivity index (χ2v) is 20.9. The van der Waals surface area contributed by atoms with Gasteiger partial charge in [0.25, 0.3) is 0 Å². The number of fused-ring (bicyclic) bond motifs is 1.